The van der Waals surface area contributed by atoms with Crippen LogP contribution in [0, 0.1) is 12.3 Å². The molecule has 0 radical (unpaired) electrons. The Hall–Kier alpha value is -3.26. The van der Waals surface area contributed by atoms with Gasteiger partial charge in [-0.3, -0.25) is 9.59 Å². The molecule has 0 saturated heterocycles. The largest absolute Gasteiger partial charge is 0.399 e. The lowest BCUT2D eigenvalue weighted by atomic mass is 10.2. The average Bonchev–Trinajstić information content (AvgIpc) is 2.53. The molecular weight excluding hydrogens is 278 g/mol. The fourth-order valence-corrected chi connectivity index (χ4v) is 1.79. The Morgan fingerprint density at radius 1 is 1.14 bits per heavy atom. The SMILES string of the molecule is C#Cc1cccc(NC(=O)CNC(=O)c2ccc(N)cc2)c1. The van der Waals surface area contributed by atoms with E-state index in [9.17, 15) is 9.59 Å². The number of hydrogen-bond acceptors (Lipinski definition) is 3. The maximum Gasteiger partial charge on any atom is 0.251 e. The summed E-state index contributed by atoms with van der Waals surface area (Å²) in [6, 6.07) is 13.4. The van der Waals surface area contributed by atoms with Crippen LogP contribution in [0.1, 0.15) is 15.9 Å². The van der Waals surface area contributed by atoms with Gasteiger partial charge in [-0.2, -0.15) is 0 Å². The van der Waals surface area contributed by atoms with Gasteiger partial charge in [0, 0.05) is 22.5 Å². The Kier molecular flexibility index (Phi) is 4.78. The summed E-state index contributed by atoms with van der Waals surface area (Å²) in [7, 11) is 0. The molecule has 0 spiro atoms. The second kappa shape index (κ2) is 6.95. The van der Waals surface area contributed by atoms with Gasteiger partial charge in [0.25, 0.3) is 5.91 Å². The van der Waals surface area contributed by atoms with Gasteiger partial charge < -0.3 is 16.4 Å². The molecule has 5 nitrogen and oxygen atoms in total. The molecule has 0 saturated carbocycles. The number of hydrogen-bond donors (Lipinski definition) is 3. The van der Waals surface area contributed by atoms with Crippen molar-refractivity contribution in [2.24, 2.45) is 0 Å². The molecule has 0 bridgehead atoms. The summed E-state index contributed by atoms with van der Waals surface area (Å²) in [6.45, 7) is -0.135. The monoisotopic (exact) mass is 293 g/mol. The van der Waals surface area contributed by atoms with Crippen molar-refractivity contribution in [1.29, 1.82) is 0 Å². The van der Waals surface area contributed by atoms with Crippen molar-refractivity contribution in [2.75, 3.05) is 17.6 Å². The average molecular weight is 293 g/mol. The van der Waals surface area contributed by atoms with E-state index in [-0.39, 0.29) is 18.4 Å². The highest BCUT2D eigenvalue weighted by atomic mass is 16.2. The van der Waals surface area contributed by atoms with E-state index in [4.69, 9.17) is 12.2 Å². The van der Waals surface area contributed by atoms with Gasteiger partial charge in [-0.25, -0.2) is 0 Å². The van der Waals surface area contributed by atoms with Crippen LogP contribution in [0.4, 0.5) is 11.4 Å². The van der Waals surface area contributed by atoms with Crippen molar-refractivity contribution >= 4 is 23.2 Å². The predicted molar refractivity (Wildman–Crippen MR) is 86.2 cm³/mol. The fourth-order valence-electron chi connectivity index (χ4n) is 1.79. The van der Waals surface area contributed by atoms with Gasteiger partial charge in [0.15, 0.2) is 0 Å². The van der Waals surface area contributed by atoms with Gasteiger partial charge in [-0.15, -0.1) is 6.42 Å². The molecule has 0 aliphatic rings. The Bertz CT molecular complexity index is 730. The molecular formula is C17H15N3O2. The zero-order valence-electron chi connectivity index (χ0n) is 11.8. The van der Waals surface area contributed by atoms with E-state index < -0.39 is 0 Å². The van der Waals surface area contributed by atoms with E-state index in [1.54, 1.807) is 48.5 Å². The minimum atomic E-state index is -0.340. The third kappa shape index (κ3) is 4.12. The quantitative estimate of drug-likeness (QED) is 0.591. The number of nitrogen functional groups attached to an aromatic ring is 1. The van der Waals surface area contributed by atoms with Crippen LogP contribution < -0.4 is 16.4 Å². The van der Waals surface area contributed by atoms with E-state index in [1.165, 1.54) is 0 Å². The third-order valence-corrected chi connectivity index (χ3v) is 2.90. The topological polar surface area (TPSA) is 84.2 Å². The molecule has 0 heterocycles. The van der Waals surface area contributed by atoms with Gasteiger partial charge in [0.1, 0.15) is 0 Å². The van der Waals surface area contributed by atoms with Crippen molar-refractivity contribution in [3.63, 3.8) is 0 Å². The molecule has 2 aromatic carbocycles. The molecule has 2 rings (SSSR count). The van der Waals surface area contributed by atoms with Crippen LogP contribution in [0.3, 0.4) is 0 Å². The molecule has 4 N–H and O–H groups in total. The summed E-state index contributed by atoms with van der Waals surface area (Å²) in [4.78, 5) is 23.7. The first-order valence-corrected chi connectivity index (χ1v) is 6.59. The molecule has 0 unspecified atom stereocenters. The number of anilines is 2. The molecule has 0 aliphatic heterocycles. The first kappa shape index (κ1) is 15.1. The maximum atomic E-state index is 11.9. The van der Waals surface area contributed by atoms with E-state index >= 15 is 0 Å². The van der Waals surface area contributed by atoms with Crippen molar-refractivity contribution in [3.8, 4) is 12.3 Å². The number of amides is 2. The minimum absolute atomic E-state index is 0.135. The maximum absolute atomic E-state index is 11.9. The Balaban J connectivity index is 1.88. The second-order valence-electron chi connectivity index (χ2n) is 4.58. The zero-order chi connectivity index (χ0) is 15.9. The predicted octanol–water partition coefficient (Wildman–Crippen LogP) is 1.62. The number of benzene rings is 2. The van der Waals surface area contributed by atoms with E-state index in [0.717, 1.165) is 0 Å². The number of carbonyl (C=O) groups is 2. The molecule has 2 amide bonds. The van der Waals surface area contributed by atoms with Gasteiger partial charge in [0.2, 0.25) is 5.91 Å². The summed E-state index contributed by atoms with van der Waals surface area (Å²) in [5, 5.41) is 5.20. The van der Waals surface area contributed by atoms with Gasteiger partial charge in [-0.1, -0.05) is 12.0 Å². The van der Waals surface area contributed by atoms with Gasteiger partial charge >= 0.3 is 0 Å². The van der Waals surface area contributed by atoms with E-state index in [1.807, 2.05) is 0 Å². The van der Waals surface area contributed by atoms with Crippen LogP contribution in [0.2, 0.25) is 0 Å². The van der Waals surface area contributed by atoms with Crippen LogP contribution in [0.15, 0.2) is 48.5 Å². The van der Waals surface area contributed by atoms with Crippen molar-refractivity contribution in [1.82, 2.24) is 5.32 Å². The summed E-state index contributed by atoms with van der Waals surface area (Å²) >= 11 is 0. The molecule has 0 aromatic heterocycles. The van der Waals surface area contributed by atoms with E-state index in [0.29, 0.717) is 22.5 Å². The molecule has 5 heteroatoms. The Labute approximate surface area is 128 Å². The molecule has 0 atom stereocenters. The third-order valence-electron chi connectivity index (χ3n) is 2.90. The molecule has 22 heavy (non-hydrogen) atoms. The Morgan fingerprint density at radius 3 is 2.55 bits per heavy atom. The van der Waals surface area contributed by atoms with Crippen molar-refractivity contribution < 1.29 is 9.59 Å². The first-order chi connectivity index (χ1) is 10.6. The van der Waals surface area contributed by atoms with Crippen LogP contribution in [0.25, 0.3) is 0 Å². The molecule has 110 valence electrons. The van der Waals surface area contributed by atoms with Gasteiger partial charge in [-0.05, 0) is 42.5 Å². The molecule has 0 aliphatic carbocycles. The smallest absolute Gasteiger partial charge is 0.251 e. The second-order valence-corrected chi connectivity index (χ2v) is 4.58. The highest BCUT2D eigenvalue weighted by Gasteiger charge is 2.08. The minimum Gasteiger partial charge on any atom is -0.399 e. The summed E-state index contributed by atoms with van der Waals surface area (Å²) in [5.41, 5.74) is 7.82. The number of nitrogens with two attached hydrogens (primary N) is 1. The lowest BCUT2D eigenvalue weighted by molar-refractivity contribution is -0.115. The standard InChI is InChI=1S/C17H15N3O2/c1-2-12-4-3-5-15(10-12)20-16(21)11-19-17(22)13-6-8-14(18)9-7-13/h1,3-10H,11,18H2,(H,19,22)(H,20,21). The fraction of sp³-hybridized carbons (Fsp3) is 0.0588. The van der Waals surface area contributed by atoms with Crippen LogP contribution in [0.5, 0.6) is 0 Å². The lowest BCUT2D eigenvalue weighted by Crippen LogP contribution is -2.32. The van der Waals surface area contributed by atoms with Crippen molar-refractivity contribution in [2.45, 2.75) is 0 Å². The molecule has 2 aromatic rings. The number of rotatable bonds is 4. The summed E-state index contributed by atoms with van der Waals surface area (Å²) in [5.74, 6) is 1.81. The normalized spacial score (nSPS) is 9.59. The number of carbonyl (C=O) groups excluding carboxylic acids is 2. The van der Waals surface area contributed by atoms with Gasteiger partial charge in [0.05, 0.1) is 6.54 Å². The summed E-state index contributed by atoms with van der Waals surface area (Å²) in [6.07, 6.45) is 5.29. The Morgan fingerprint density at radius 2 is 1.86 bits per heavy atom. The lowest BCUT2D eigenvalue weighted by Gasteiger charge is -2.07. The highest BCUT2D eigenvalue weighted by Crippen LogP contribution is 2.09. The van der Waals surface area contributed by atoms with Crippen LogP contribution >= 0.6 is 0 Å². The highest BCUT2D eigenvalue weighted by molar-refractivity contribution is 5.99. The summed E-state index contributed by atoms with van der Waals surface area (Å²) < 4.78 is 0. The number of terminal acetylenes is 1. The first-order valence-electron chi connectivity index (χ1n) is 6.59. The van der Waals surface area contributed by atoms with Crippen LogP contribution in [-0.4, -0.2) is 18.4 Å². The van der Waals surface area contributed by atoms with Crippen LogP contribution in [-0.2, 0) is 4.79 Å². The molecule has 0 fully saturated rings. The zero-order valence-corrected chi connectivity index (χ0v) is 11.8. The van der Waals surface area contributed by atoms with Crippen molar-refractivity contribution in [3.05, 3.63) is 59.7 Å². The van der Waals surface area contributed by atoms with E-state index in [2.05, 4.69) is 16.6 Å². The number of nitrogens with one attached hydrogen (secondary N) is 2.